The third kappa shape index (κ3) is 4.07. The van der Waals surface area contributed by atoms with E-state index in [2.05, 4.69) is 43.0 Å². The summed E-state index contributed by atoms with van der Waals surface area (Å²) in [4.78, 5) is 20.0. The van der Waals surface area contributed by atoms with Gasteiger partial charge in [0, 0.05) is 45.3 Å². The summed E-state index contributed by atoms with van der Waals surface area (Å²) in [6, 6.07) is 1.01. The summed E-state index contributed by atoms with van der Waals surface area (Å²) in [5, 5.41) is 13.2. The Labute approximate surface area is 178 Å². The number of azo groups is 1. The molecule has 1 saturated heterocycles. The van der Waals surface area contributed by atoms with Crippen LogP contribution in [0.2, 0.25) is 0 Å². The zero-order valence-electron chi connectivity index (χ0n) is 18.0. The van der Waals surface area contributed by atoms with Crippen LogP contribution >= 0.6 is 0 Å². The minimum Gasteiger partial charge on any atom is -0.340 e. The molecule has 0 aromatic carbocycles. The van der Waals surface area contributed by atoms with E-state index in [-0.39, 0.29) is 11.9 Å². The van der Waals surface area contributed by atoms with Gasteiger partial charge in [-0.3, -0.25) is 14.6 Å². The Morgan fingerprint density at radius 2 is 2.03 bits per heavy atom. The number of nitrogens with zero attached hydrogens (tertiary/aromatic N) is 7. The van der Waals surface area contributed by atoms with Gasteiger partial charge < -0.3 is 4.90 Å². The molecule has 4 heterocycles. The minimum absolute atomic E-state index is 0.239. The first-order valence-electron chi connectivity index (χ1n) is 11.6. The van der Waals surface area contributed by atoms with Crippen LogP contribution < -0.4 is 0 Å². The van der Waals surface area contributed by atoms with Gasteiger partial charge in [0.1, 0.15) is 0 Å². The molecule has 5 rings (SSSR count). The quantitative estimate of drug-likeness (QED) is 0.763. The van der Waals surface area contributed by atoms with E-state index in [0.717, 1.165) is 76.1 Å². The number of aromatic nitrogens is 2. The van der Waals surface area contributed by atoms with Crippen LogP contribution in [0, 0.1) is 0 Å². The number of fused-ring (bicyclic) bond motifs is 1. The van der Waals surface area contributed by atoms with Gasteiger partial charge in [0.05, 0.1) is 24.5 Å². The molecule has 0 spiro atoms. The second kappa shape index (κ2) is 8.59. The molecule has 1 atom stereocenters. The van der Waals surface area contributed by atoms with Crippen molar-refractivity contribution in [3.05, 3.63) is 23.5 Å². The molecule has 1 unspecified atom stereocenters. The van der Waals surface area contributed by atoms with Crippen molar-refractivity contribution in [3.8, 4) is 0 Å². The molecule has 0 radical (unpaired) electrons. The summed E-state index contributed by atoms with van der Waals surface area (Å²) in [6.07, 6.45) is 11.0. The molecule has 1 aliphatic carbocycles. The molecule has 30 heavy (non-hydrogen) atoms. The van der Waals surface area contributed by atoms with Crippen molar-refractivity contribution in [1.29, 1.82) is 0 Å². The van der Waals surface area contributed by atoms with Crippen molar-refractivity contribution in [2.45, 2.75) is 64.1 Å². The molecule has 1 amide bonds. The largest absolute Gasteiger partial charge is 0.340 e. The van der Waals surface area contributed by atoms with Crippen molar-refractivity contribution in [2.75, 3.05) is 39.3 Å². The number of rotatable bonds is 4. The monoisotopic (exact) mass is 411 g/mol. The maximum absolute atomic E-state index is 13.1. The average Bonchev–Trinajstić information content (AvgIpc) is 2.97. The third-order valence-electron chi connectivity index (χ3n) is 7.08. The van der Waals surface area contributed by atoms with Gasteiger partial charge in [-0.1, -0.05) is 6.42 Å². The average molecular weight is 412 g/mol. The molecule has 1 aromatic rings. The van der Waals surface area contributed by atoms with E-state index in [1.165, 1.54) is 24.8 Å². The highest BCUT2D eigenvalue weighted by Gasteiger charge is 2.29. The number of carbonyl (C=O) groups is 1. The molecule has 8 nitrogen and oxygen atoms in total. The van der Waals surface area contributed by atoms with Gasteiger partial charge in [-0.15, -0.1) is 5.11 Å². The Kier molecular flexibility index (Phi) is 5.69. The first-order chi connectivity index (χ1) is 14.7. The number of hydrogen-bond donors (Lipinski definition) is 0. The lowest BCUT2D eigenvalue weighted by molar-refractivity contribution is -0.132. The Balaban J connectivity index is 1.20. The van der Waals surface area contributed by atoms with E-state index >= 15 is 0 Å². The van der Waals surface area contributed by atoms with Gasteiger partial charge in [-0.05, 0) is 50.7 Å². The third-order valence-corrected chi connectivity index (χ3v) is 7.08. The van der Waals surface area contributed by atoms with Crippen molar-refractivity contribution in [3.63, 3.8) is 0 Å². The normalized spacial score (nSPS) is 26.1. The number of hydrogen-bond acceptors (Lipinski definition) is 6. The first kappa shape index (κ1) is 19.9. The highest BCUT2D eigenvalue weighted by atomic mass is 16.2. The van der Waals surface area contributed by atoms with Crippen LogP contribution in [0.3, 0.4) is 0 Å². The van der Waals surface area contributed by atoms with E-state index < -0.39 is 0 Å². The predicted octanol–water partition coefficient (Wildman–Crippen LogP) is 2.37. The van der Waals surface area contributed by atoms with E-state index in [1.807, 2.05) is 10.9 Å². The number of amides is 1. The standard InChI is InChI=1S/C22H33N7O/c1-17-6-7-21(25-24-17)29-20-15-26(11-8-18(20)14-23-29)16-22(30)28-10-3-9-27(12-13-28)19-4-2-5-19/h7,14,17,19H,2-6,8-13,15-16H2,1H3. The molecule has 162 valence electrons. The first-order valence-corrected chi connectivity index (χ1v) is 11.6. The van der Waals surface area contributed by atoms with Crippen LogP contribution in [0.4, 0.5) is 0 Å². The second-order valence-corrected chi connectivity index (χ2v) is 9.21. The lowest BCUT2D eigenvalue weighted by Crippen LogP contribution is -2.45. The van der Waals surface area contributed by atoms with Crippen molar-refractivity contribution in [2.24, 2.45) is 10.2 Å². The SMILES string of the molecule is CC1CC=C(n2ncc3c2CN(CC(=O)N2CCCN(C4CCC4)CC2)CC3)N=N1. The van der Waals surface area contributed by atoms with Crippen molar-refractivity contribution in [1.82, 2.24) is 24.5 Å². The Hall–Kier alpha value is -2.06. The molecule has 0 bridgehead atoms. The lowest BCUT2D eigenvalue weighted by atomic mass is 9.91. The van der Waals surface area contributed by atoms with Gasteiger partial charge >= 0.3 is 0 Å². The van der Waals surface area contributed by atoms with Crippen molar-refractivity contribution >= 4 is 11.7 Å². The summed E-state index contributed by atoms with van der Waals surface area (Å²) in [6.45, 7) is 8.15. The Morgan fingerprint density at radius 1 is 1.13 bits per heavy atom. The smallest absolute Gasteiger partial charge is 0.236 e. The summed E-state index contributed by atoms with van der Waals surface area (Å²) in [7, 11) is 0. The van der Waals surface area contributed by atoms with E-state index in [9.17, 15) is 4.79 Å². The zero-order chi connectivity index (χ0) is 20.5. The maximum atomic E-state index is 13.1. The van der Waals surface area contributed by atoms with Gasteiger partial charge in [0.15, 0.2) is 5.82 Å². The van der Waals surface area contributed by atoms with Crippen LogP contribution in [0.5, 0.6) is 0 Å². The molecule has 3 aliphatic heterocycles. The van der Waals surface area contributed by atoms with Gasteiger partial charge in [-0.25, -0.2) is 4.68 Å². The fraction of sp³-hybridized carbons (Fsp3) is 0.727. The zero-order valence-corrected chi connectivity index (χ0v) is 18.0. The minimum atomic E-state index is 0.239. The Morgan fingerprint density at radius 3 is 2.80 bits per heavy atom. The van der Waals surface area contributed by atoms with E-state index in [4.69, 9.17) is 0 Å². The van der Waals surface area contributed by atoms with Gasteiger partial charge in [0.25, 0.3) is 0 Å². The van der Waals surface area contributed by atoms with Crippen LogP contribution in [0.15, 0.2) is 22.5 Å². The summed E-state index contributed by atoms with van der Waals surface area (Å²) >= 11 is 0. The molecule has 1 aromatic heterocycles. The Bertz CT molecular complexity index is 841. The van der Waals surface area contributed by atoms with Crippen LogP contribution in [0.25, 0.3) is 5.82 Å². The van der Waals surface area contributed by atoms with Gasteiger partial charge in [0.2, 0.25) is 5.91 Å². The molecule has 0 N–H and O–H groups in total. The molecule has 4 aliphatic rings. The van der Waals surface area contributed by atoms with Gasteiger partial charge in [-0.2, -0.15) is 10.2 Å². The summed E-state index contributed by atoms with van der Waals surface area (Å²) in [5.74, 6) is 1.08. The molecular formula is C22H33N7O. The van der Waals surface area contributed by atoms with Crippen LogP contribution in [0.1, 0.15) is 50.3 Å². The molecular weight excluding hydrogens is 378 g/mol. The summed E-state index contributed by atoms with van der Waals surface area (Å²) < 4.78 is 1.92. The molecule has 2 fully saturated rings. The maximum Gasteiger partial charge on any atom is 0.236 e. The fourth-order valence-corrected chi connectivity index (χ4v) is 4.93. The van der Waals surface area contributed by atoms with E-state index in [1.54, 1.807) is 0 Å². The van der Waals surface area contributed by atoms with Crippen LogP contribution in [-0.4, -0.2) is 81.7 Å². The fourth-order valence-electron chi connectivity index (χ4n) is 4.93. The van der Waals surface area contributed by atoms with E-state index in [0.29, 0.717) is 6.54 Å². The predicted molar refractivity (Wildman–Crippen MR) is 115 cm³/mol. The molecule has 1 saturated carbocycles. The topological polar surface area (TPSA) is 69.3 Å². The number of carbonyl (C=O) groups excluding carboxylic acids is 1. The lowest BCUT2D eigenvalue weighted by Gasteiger charge is -2.36. The second-order valence-electron chi connectivity index (χ2n) is 9.21. The van der Waals surface area contributed by atoms with Crippen molar-refractivity contribution < 1.29 is 4.79 Å². The highest BCUT2D eigenvalue weighted by Crippen LogP contribution is 2.26. The summed E-state index contributed by atoms with van der Waals surface area (Å²) in [5.41, 5.74) is 2.42. The van der Waals surface area contributed by atoms with Crippen LogP contribution in [-0.2, 0) is 17.8 Å². The highest BCUT2D eigenvalue weighted by molar-refractivity contribution is 5.78. The molecule has 8 heteroatoms.